The van der Waals surface area contributed by atoms with Crippen LogP contribution in [0.3, 0.4) is 0 Å². The van der Waals surface area contributed by atoms with Crippen molar-refractivity contribution in [2.75, 3.05) is 13.7 Å². The van der Waals surface area contributed by atoms with E-state index in [4.69, 9.17) is 15.0 Å². The lowest BCUT2D eigenvalue weighted by molar-refractivity contribution is 0.402. The highest BCUT2D eigenvalue weighted by atomic mass is 19.1. The van der Waals surface area contributed by atoms with Gasteiger partial charge in [0.05, 0.1) is 18.4 Å². The van der Waals surface area contributed by atoms with Crippen molar-refractivity contribution in [2.45, 2.75) is 6.42 Å². The van der Waals surface area contributed by atoms with Crippen molar-refractivity contribution in [3.63, 3.8) is 0 Å². The van der Waals surface area contributed by atoms with Gasteiger partial charge in [0.25, 0.3) is 0 Å². The maximum Gasteiger partial charge on any atom is 0.170 e. The Hall–Kier alpha value is -1.88. The minimum absolute atomic E-state index is 0.349. The fourth-order valence-corrected chi connectivity index (χ4v) is 1.58. The van der Waals surface area contributed by atoms with E-state index in [2.05, 4.69) is 5.16 Å². The zero-order chi connectivity index (χ0) is 12.3. The van der Waals surface area contributed by atoms with Gasteiger partial charge in [-0.3, -0.25) is 0 Å². The van der Waals surface area contributed by atoms with Crippen LogP contribution in [0.15, 0.2) is 28.8 Å². The summed E-state index contributed by atoms with van der Waals surface area (Å²) in [7, 11) is 1.52. The molecule has 0 saturated carbocycles. The minimum atomic E-state index is -0.349. The Kier molecular flexibility index (Phi) is 3.39. The van der Waals surface area contributed by atoms with Crippen molar-refractivity contribution in [2.24, 2.45) is 5.73 Å². The second-order valence-corrected chi connectivity index (χ2v) is 3.57. The van der Waals surface area contributed by atoms with Crippen LogP contribution in [0.1, 0.15) is 5.69 Å². The molecule has 0 radical (unpaired) electrons. The Morgan fingerprint density at radius 3 is 2.94 bits per heavy atom. The number of methoxy groups -OCH3 is 1. The van der Waals surface area contributed by atoms with Crippen molar-refractivity contribution < 1.29 is 13.7 Å². The normalized spacial score (nSPS) is 10.5. The first-order valence-corrected chi connectivity index (χ1v) is 5.24. The number of halogens is 1. The van der Waals surface area contributed by atoms with Gasteiger partial charge in [0, 0.05) is 12.5 Å². The predicted octanol–water partition coefficient (Wildman–Crippen LogP) is 1.99. The van der Waals surface area contributed by atoms with Gasteiger partial charge in [-0.2, -0.15) is 0 Å². The molecule has 2 aromatic rings. The molecule has 0 bridgehead atoms. The molecular weight excluding hydrogens is 223 g/mol. The van der Waals surface area contributed by atoms with Crippen LogP contribution in [0.25, 0.3) is 11.3 Å². The van der Waals surface area contributed by atoms with E-state index in [9.17, 15) is 4.39 Å². The Labute approximate surface area is 98.2 Å². The van der Waals surface area contributed by atoms with Gasteiger partial charge in [-0.05, 0) is 24.7 Å². The van der Waals surface area contributed by atoms with Crippen LogP contribution in [-0.2, 0) is 6.42 Å². The van der Waals surface area contributed by atoms with Crippen LogP contribution in [0.4, 0.5) is 4.39 Å². The molecule has 1 aromatic carbocycles. The zero-order valence-corrected chi connectivity index (χ0v) is 9.44. The maximum atomic E-state index is 13.2. The summed E-state index contributed by atoms with van der Waals surface area (Å²) in [4.78, 5) is 0. The van der Waals surface area contributed by atoms with Crippen LogP contribution in [0.5, 0.6) is 5.75 Å². The van der Waals surface area contributed by atoms with Crippen LogP contribution >= 0.6 is 0 Å². The average Bonchev–Trinajstić information content (AvgIpc) is 2.78. The van der Waals surface area contributed by atoms with Gasteiger partial charge >= 0.3 is 0 Å². The summed E-state index contributed by atoms with van der Waals surface area (Å²) < 4.78 is 23.5. The number of hydrogen-bond acceptors (Lipinski definition) is 4. The predicted molar refractivity (Wildman–Crippen MR) is 61.2 cm³/mol. The first kappa shape index (κ1) is 11.6. The van der Waals surface area contributed by atoms with Gasteiger partial charge in [0.15, 0.2) is 5.76 Å². The summed E-state index contributed by atoms with van der Waals surface area (Å²) >= 11 is 0. The molecule has 17 heavy (non-hydrogen) atoms. The molecule has 4 nitrogen and oxygen atoms in total. The second kappa shape index (κ2) is 4.97. The van der Waals surface area contributed by atoms with E-state index in [1.54, 1.807) is 12.1 Å². The number of nitrogens with two attached hydrogens (primary N) is 1. The van der Waals surface area contributed by atoms with E-state index >= 15 is 0 Å². The topological polar surface area (TPSA) is 61.3 Å². The Bertz CT molecular complexity index is 511. The number of rotatable bonds is 4. The van der Waals surface area contributed by atoms with Gasteiger partial charge in [-0.1, -0.05) is 5.16 Å². The van der Waals surface area contributed by atoms with Gasteiger partial charge in [0.2, 0.25) is 0 Å². The molecule has 1 aromatic heterocycles. The Balaban J connectivity index is 2.40. The molecule has 0 aliphatic rings. The van der Waals surface area contributed by atoms with Crippen LogP contribution < -0.4 is 10.5 Å². The monoisotopic (exact) mass is 236 g/mol. The maximum absolute atomic E-state index is 13.2. The summed E-state index contributed by atoms with van der Waals surface area (Å²) in [6.45, 7) is 0.492. The standard InChI is InChI=1S/C12H13FN2O2/c1-16-11-3-2-8(13)6-10(11)12-7-9(4-5-14)15-17-12/h2-3,6-7H,4-5,14H2,1H3. The summed E-state index contributed by atoms with van der Waals surface area (Å²) in [6, 6.07) is 5.98. The molecule has 1 heterocycles. The summed E-state index contributed by atoms with van der Waals surface area (Å²) in [6.07, 6.45) is 0.626. The highest BCUT2D eigenvalue weighted by molar-refractivity contribution is 5.65. The average molecular weight is 236 g/mol. The number of aromatic nitrogens is 1. The molecule has 0 atom stereocenters. The Morgan fingerprint density at radius 1 is 1.41 bits per heavy atom. The lowest BCUT2D eigenvalue weighted by Gasteiger charge is -2.04. The summed E-state index contributed by atoms with van der Waals surface area (Å²) in [5, 5.41) is 3.85. The van der Waals surface area contributed by atoms with Gasteiger partial charge in [0.1, 0.15) is 11.6 Å². The number of benzene rings is 1. The van der Waals surface area contributed by atoms with E-state index < -0.39 is 0 Å². The molecular formula is C12H13FN2O2. The highest BCUT2D eigenvalue weighted by Crippen LogP contribution is 2.31. The van der Waals surface area contributed by atoms with E-state index in [0.717, 1.165) is 5.69 Å². The largest absolute Gasteiger partial charge is 0.496 e. The molecule has 0 aliphatic heterocycles. The zero-order valence-electron chi connectivity index (χ0n) is 9.44. The van der Waals surface area contributed by atoms with Crippen LogP contribution in [-0.4, -0.2) is 18.8 Å². The minimum Gasteiger partial charge on any atom is -0.496 e. The van der Waals surface area contributed by atoms with Crippen molar-refractivity contribution in [3.8, 4) is 17.1 Å². The van der Waals surface area contributed by atoms with Gasteiger partial charge in [-0.15, -0.1) is 0 Å². The lowest BCUT2D eigenvalue weighted by atomic mass is 10.1. The van der Waals surface area contributed by atoms with Crippen LogP contribution in [0, 0.1) is 5.82 Å². The molecule has 0 spiro atoms. The molecule has 0 fully saturated rings. The van der Waals surface area contributed by atoms with Gasteiger partial charge < -0.3 is 15.0 Å². The number of ether oxygens (including phenoxy) is 1. The quantitative estimate of drug-likeness (QED) is 0.881. The van der Waals surface area contributed by atoms with E-state index in [1.165, 1.54) is 19.2 Å². The second-order valence-electron chi connectivity index (χ2n) is 3.57. The third-order valence-electron chi connectivity index (χ3n) is 2.39. The fourth-order valence-electron chi connectivity index (χ4n) is 1.58. The molecule has 90 valence electrons. The van der Waals surface area contributed by atoms with Crippen molar-refractivity contribution in [3.05, 3.63) is 35.8 Å². The molecule has 2 rings (SSSR count). The number of hydrogen-bond donors (Lipinski definition) is 1. The van der Waals surface area contributed by atoms with E-state index in [1.807, 2.05) is 0 Å². The smallest absolute Gasteiger partial charge is 0.170 e. The van der Waals surface area contributed by atoms with E-state index in [-0.39, 0.29) is 5.82 Å². The first-order chi connectivity index (χ1) is 8.24. The summed E-state index contributed by atoms with van der Waals surface area (Å²) in [5.74, 6) is 0.671. The molecule has 2 N–H and O–H groups in total. The summed E-state index contributed by atoms with van der Waals surface area (Å²) in [5.41, 5.74) is 6.71. The number of nitrogens with zero attached hydrogens (tertiary/aromatic N) is 1. The fraction of sp³-hybridized carbons (Fsp3) is 0.250. The molecule has 0 aliphatic carbocycles. The third-order valence-corrected chi connectivity index (χ3v) is 2.39. The highest BCUT2D eigenvalue weighted by Gasteiger charge is 2.12. The van der Waals surface area contributed by atoms with E-state index in [0.29, 0.717) is 30.0 Å². The molecule has 0 unspecified atom stereocenters. The van der Waals surface area contributed by atoms with Crippen molar-refractivity contribution >= 4 is 0 Å². The molecule has 0 saturated heterocycles. The first-order valence-electron chi connectivity index (χ1n) is 5.24. The van der Waals surface area contributed by atoms with Crippen molar-refractivity contribution in [1.29, 1.82) is 0 Å². The Morgan fingerprint density at radius 2 is 2.24 bits per heavy atom. The van der Waals surface area contributed by atoms with Crippen molar-refractivity contribution in [1.82, 2.24) is 5.16 Å². The molecule has 0 amide bonds. The SMILES string of the molecule is COc1ccc(F)cc1-c1cc(CCN)no1. The van der Waals surface area contributed by atoms with Gasteiger partial charge in [-0.25, -0.2) is 4.39 Å². The van der Waals surface area contributed by atoms with Crippen LogP contribution in [0.2, 0.25) is 0 Å². The lowest BCUT2D eigenvalue weighted by Crippen LogP contribution is -2.02. The molecule has 5 heteroatoms. The third kappa shape index (κ3) is 2.45.